The van der Waals surface area contributed by atoms with E-state index in [-0.39, 0.29) is 5.03 Å². The number of sulfonamides is 1. The fourth-order valence-corrected chi connectivity index (χ4v) is 3.10. The molecule has 0 amide bonds. The maximum absolute atomic E-state index is 12.3. The van der Waals surface area contributed by atoms with Gasteiger partial charge in [0.05, 0.1) is 6.07 Å². The van der Waals surface area contributed by atoms with Crippen molar-refractivity contribution < 1.29 is 8.42 Å². The first-order valence-electron chi connectivity index (χ1n) is 6.48. The first-order chi connectivity index (χ1) is 9.97. The molecule has 0 aliphatic rings. The quantitative estimate of drug-likeness (QED) is 0.911. The molecule has 110 valence electrons. The third kappa shape index (κ3) is 3.29. The van der Waals surface area contributed by atoms with E-state index in [0.29, 0.717) is 17.9 Å². The Morgan fingerprint density at radius 1 is 1.38 bits per heavy atom. The van der Waals surface area contributed by atoms with Gasteiger partial charge in [-0.05, 0) is 19.4 Å². The van der Waals surface area contributed by atoms with Gasteiger partial charge in [0.15, 0.2) is 5.03 Å². The molecule has 0 bridgehead atoms. The number of nitrogens with zero attached hydrogens (tertiary/aromatic N) is 3. The van der Waals surface area contributed by atoms with Crippen molar-refractivity contribution in [1.29, 1.82) is 5.26 Å². The second-order valence-corrected chi connectivity index (χ2v) is 6.17. The number of nitriles is 1. The molecule has 2 aromatic rings. The molecule has 0 spiro atoms. The highest BCUT2D eigenvalue weighted by Crippen LogP contribution is 2.16. The smallest absolute Gasteiger partial charge is 0.261 e. The first kappa shape index (κ1) is 15.2. The van der Waals surface area contributed by atoms with Crippen molar-refractivity contribution in [2.24, 2.45) is 0 Å². The van der Waals surface area contributed by atoms with Crippen molar-refractivity contribution in [3.63, 3.8) is 0 Å². The fourth-order valence-electron chi connectivity index (χ4n) is 1.96. The Labute approximate surface area is 124 Å². The van der Waals surface area contributed by atoms with Crippen LogP contribution in [-0.2, 0) is 16.6 Å². The van der Waals surface area contributed by atoms with Gasteiger partial charge in [-0.1, -0.05) is 30.3 Å². The van der Waals surface area contributed by atoms with Crippen LogP contribution in [0, 0.1) is 18.3 Å². The van der Waals surface area contributed by atoms with Crippen molar-refractivity contribution in [2.75, 3.05) is 0 Å². The molecular weight excluding hydrogens is 288 g/mol. The predicted octanol–water partition coefficient (Wildman–Crippen LogP) is 1.75. The van der Waals surface area contributed by atoms with Gasteiger partial charge in [0.1, 0.15) is 11.9 Å². The van der Waals surface area contributed by atoms with Crippen LogP contribution >= 0.6 is 0 Å². The second-order valence-electron chi connectivity index (χ2n) is 4.51. The van der Waals surface area contributed by atoms with E-state index in [1.165, 1.54) is 6.20 Å². The van der Waals surface area contributed by atoms with Gasteiger partial charge in [-0.15, -0.1) is 0 Å². The van der Waals surface area contributed by atoms with Gasteiger partial charge in [0.25, 0.3) is 10.0 Å². The van der Waals surface area contributed by atoms with Crippen LogP contribution in [0.3, 0.4) is 0 Å². The van der Waals surface area contributed by atoms with E-state index >= 15 is 0 Å². The SMILES string of the molecule is CCn1cc(S(=O)(=O)NC(C#N)c2ccccc2)nc1C. The highest BCUT2D eigenvalue weighted by Gasteiger charge is 2.24. The Hall–Kier alpha value is -2.17. The minimum absolute atomic E-state index is 0.0713. The summed E-state index contributed by atoms with van der Waals surface area (Å²) in [6, 6.07) is 9.73. The van der Waals surface area contributed by atoms with Crippen LogP contribution in [0.5, 0.6) is 0 Å². The summed E-state index contributed by atoms with van der Waals surface area (Å²) in [5.74, 6) is 0.617. The summed E-state index contributed by atoms with van der Waals surface area (Å²) in [6.07, 6.45) is 1.47. The zero-order chi connectivity index (χ0) is 15.5. The lowest BCUT2D eigenvalue weighted by Gasteiger charge is -2.10. The summed E-state index contributed by atoms with van der Waals surface area (Å²) in [4.78, 5) is 4.04. The number of benzene rings is 1. The first-order valence-corrected chi connectivity index (χ1v) is 7.97. The van der Waals surface area contributed by atoms with E-state index in [4.69, 9.17) is 0 Å². The topological polar surface area (TPSA) is 87.8 Å². The van der Waals surface area contributed by atoms with Gasteiger partial charge in [-0.2, -0.15) is 9.98 Å². The number of hydrogen-bond donors (Lipinski definition) is 1. The molecule has 1 atom stereocenters. The van der Waals surface area contributed by atoms with Gasteiger partial charge >= 0.3 is 0 Å². The summed E-state index contributed by atoms with van der Waals surface area (Å²) >= 11 is 0. The molecule has 1 N–H and O–H groups in total. The normalized spacial score (nSPS) is 12.8. The standard InChI is InChI=1S/C14H16N4O2S/c1-3-18-10-14(16-11(18)2)21(19,20)17-13(9-15)12-7-5-4-6-8-12/h4-8,10,13,17H,3H2,1-2H3. The fraction of sp³-hybridized carbons (Fsp3) is 0.286. The Balaban J connectivity index is 2.30. The van der Waals surface area contributed by atoms with Crippen LogP contribution in [0.4, 0.5) is 0 Å². The molecule has 0 fully saturated rings. The number of imidazole rings is 1. The maximum atomic E-state index is 12.3. The molecular formula is C14H16N4O2S. The van der Waals surface area contributed by atoms with Gasteiger partial charge in [-0.3, -0.25) is 0 Å². The molecule has 1 heterocycles. The maximum Gasteiger partial charge on any atom is 0.261 e. The predicted molar refractivity (Wildman–Crippen MR) is 77.8 cm³/mol. The van der Waals surface area contributed by atoms with Crippen LogP contribution in [-0.4, -0.2) is 18.0 Å². The zero-order valence-electron chi connectivity index (χ0n) is 11.8. The van der Waals surface area contributed by atoms with E-state index in [0.717, 1.165) is 0 Å². The van der Waals surface area contributed by atoms with Crippen molar-refractivity contribution in [1.82, 2.24) is 14.3 Å². The number of rotatable bonds is 5. The molecule has 1 aromatic carbocycles. The molecule has 2 rings (SSSR count). The molecule has 0 aliphatic heterocycles. The lowest BCUT2D eigenvalue weighted by Crippen LogP contribution is -2.28. The van der Waals surface area contributed by atoms with E-state index in [1.54, 1.807) is 41.8 Å². The number of hydrogen-bond acceptors (Lipinski definition) is 4. The van der Waals surface area contributed by atoms with Crippen molar-refractivity contribution in [2.45, 2.75) is 31.5 Å². The third-order valence-corrected chi connectivity index (χ3v) is 4.40. The lowest BCUT2D eigenvalue weighted by atomic mass is 10.1. The molecule has 0 radical (unpaired) electrons. The molecule has 0 aliphatic carbocycles. The van der Waals surface area contributed by atoms with Gasteiger partial charge in [0, 0.05) is 12.7 Å². The molecule has 21 heavy (non-hydrogen) atoms. The van der Waals surface area contributed by atoms with Crippen molar-refractivity contribution >= 4 is 10.0 Å². The van der Waals surface area contributed by atoms with E-state index in [2.05, 4.69) is 9.71 Å². The van der Waals surface area contributed by atoms with Crippen molar-refractivity contribution in [3.8, 4) is 6.07 Å². The third-order valence-electron chi connectivity index (χ3n) is 3.10. The van der Waals surface area contributed by atoms with Crippen LogP contribution in [0.15, 0.2) is 41.6 Å². The molecule has 6 nitrogen and oxygen atoms in total. The number of aryl methyl sites for hydroxylation is 2. The minimum atomic E-state index is -3.84. The van der Waals surface area contributed by atoms with Gasteiger partial charge in [-0.25, -0.2) is 13.4 Å². The Kier molecular flexibility index (Phi) is 4.40. The monoisotopic (exact) mass is 304 g/mol. The van der Waals surface area contributed by atoms with Gasteiger partial charge < -0.3 is 4.57 Å². The van der Waals surface area contributed by atoms with Crippen LogP contribution < -0.4 is 4.72 Å². The summed E-state index contributed by atoms with van der Waals surface area (Å²) in [6.45, 7) is 4.27. The minimum Gasteiger partial charge on any atom is -0.334 e. The Morgan fingerprint density at radius 3 is 2.57 bits per heavy atom. The summed E-state index contributed by atoms with van der Waals surface area (Å²) in [7, 11) is -3.84. The molecule has 1 unspecified atom stereocenters. The number of nitrogens with one attached hydrogen (secondary N) is 1. The zero-order valence-corrected chi connectivity index (χ0v) is 12.6. The molecule has 0 saturated carbocycles. The number of aromatic nitrogens is 2. The molecule has 0 saturated heterocycles. The summed E-state index contributed by atoms with van der Waals surface area (Å²) < 4.78 is 28.7. The highest BCUT2D eigenvalue weighted by molar-refractivity contribution is 7.89. The average molecular weight is 304 g/mol. The van der Waals surface area contributed by atoms with E-state index in [1.807, 2.05) is 13.0 Å². The molecule has 7 heteroatoms. The average Bonchev–Trinajstić information content (AvgIpc) is 2.87. The lowest BCUT2D eigenvalue weighted by molar-refractivity contribution is 0.572. The van der Waals surface area contributed by atoms with Crippen LogP contribution in [0.25, 0.3) is 0 Å². The van der Waals surface area contributed by atoms with E-state index in [9.17, 15) is 13.7 Å². The highest BCUT2D eigenvalue weighted by atomic mass is 32.2. The van der Waals surface area contributed by atoms with Crippen molar-refractivity contribution in [3.05, 3.63) is 47.9 Å². The van der Waals surface area contributed by atoms with E-state index < -0.39 is 16.1 Å². The van der Waals surface area contributed by atoms with Crippen LogP contribution in [0.2, 0.25) is 0 Å². The summed E-state index contributed by atoms with van der Waals surface area (Å²) in [5, 5.41) is 9.12. The largest absolute Gasteiger partial charge is 0.334 e. The Morgan fingerprint density at radius 2 is 2.05 bits per heavy atom. The Bertz CT molecular complexity index is 760. The second kappa shape index (κ2) is 6.08. The van der Waals surface area contributed by atoms with Gasteiger partial charge in [0.2, 0.25) is 0 Å². The van der Waals surface area contributed by atoms with Crippen LogP contribution in [0.1, 0.15) is 24.4 Å². The molecule has 1 aromatic heterocycles. The summed E-state index contributed by atoms with van der Waals surface area (Å²) in [5.41, 5.74) is 0.593.